The summed E-state index contributed by atoms with van der Waals surface area (Å²) in [4.78, 5) is 16.3. The Morgan fingerprint density at radius 1 is 1.12 bits per heavy atom. The van der Waals surface area contributed by atoms with E-state index in [4.69, 9.17) is 4.98 Å². The van der Waals surface area contributed by atoms with Crippen molar-refractivity contribution in [2.75, 3.05) is 0 Å². The Balaban J connectivity index is 1.77. The normalized spacial score (nSPS) is 10.9. The minimum absolute atomic E-state index is 0.0801. The molecule has 0 saturated heterocycles. The third kappa shape index (κ3) is 3.97. The largest absolute Gasteiger partial charge is 0.348 e. The lowest BCUT2D eigenvalue weighted by Gasteiger charge is -2.04. The Morgan fingerprint density at radius 3 is 2.71 bits per heavy atom. The lowest BCUT2D eigenvalue weighted by atomic mass is 10.1. The number of carbonyl (C=O) groups is 1. The van der Waals surface area contributed by atoms with Crippen molar-refractivity contribution in [2.24, 2.45) is 0 Å². The number of carbonyl (C=O) groups excluding carboxylic acids is 1. The van der Waals surface area contributed by atoms with Crippen LogP contribution in [0, 0.1) is 0 Å². The van der Waals surface area contributed by atoms with Crippen LogP contribution in [0.2, 0.25) is 0 Å². The molecule has 0 fully saturated rings. The zero-order valence-corrected chi connectivity index (χ0v) is 14.2. The van der Waals surface area contributed by atoms with E-state index in [2.05, 4.69) is 28.9 Å². The van der Waals surface area contributed by atoms with Crippen LogP contribution in [0.5, 0.6) is 0 Å². The van der Waals surface area contributed by atoms with Gasteiger partial charge in [-0.1, -0.05) is 54.6 Å². The van der Waals surface area contributed by atoms with Crippen LogP contribution in [-0.2, 0) is 11.3 Å². The number of nitrogens with zero attached hydrogens (tertiary/aromatic N) is 1. The molecule has 2 aromatic carbocycles. The van der Waals surface area contributed by atoms with Gasteiger partial charge in [-0.05, 0) is 24.6 Å². The number of aromatic nitrogens is 1. The van der Waals surface area contributed by atoms with Gasteiger partial charge in [0.1, 0.15) is 5.01 Å². The summed E-state index contributed by atoms with van der Waals surface area (Å²) in [6, 6.07) is 18.3. The van der Waals surface area contributed by atoms with Gasteiger partial charge in [0.2, 0.25) is 5.91 Å². The first-order valence-electron chi connectivity index (χ1n) is 7.77. The molecule has 3 rings (SSSR count). The molecule has 0 aliphatic heterocycles. The first-order valence-corrected chi connectivity index (χ1v) is 8.65. The lowest BCUT2D eigenvalue weighted by molar-refractivity contribution is -0.116. The number of nitrogens with one attached hydrogen (secondary N) is 1. The van der Waals surface area contributed by atoms with Crippen molar-refractivity contribution in [2.45, 2.75) is 13.5 Å². The minimum Gasteiger partial charge on any atom is -0.348 e. The predicted octanol–water partition coefficient (Wildman–Crippen LogP) is 4.67. The van der Waals surface area contributed by atoms with Gasteiger partial charge < -0.3 is 5.32 Å². The molecule has 0 bridgehead atoms. The first kappa shape index (κ1) is 16.1. The minimum atomic E-state index is -0.0801. The van der Waals surface area contributed by atoms with Crippen molar-refractivity contribution in [3.63, 3.8) is 0 Å². The van der Waals surface area contributed by atoms with Crippen molar-refractivity contribution in [3.05, 3.63) is 77.7 Å². The van der Waals surface area contributed by atoms with Crippen LogP contribution in [0.4, 0.5) is 0 Å². The van der Waals surface area contributed by atoms with E-state index in [1.54, 1.807) is 17.4 Å². The molecule has 120 valence electrons. The Hall–Kier alpha value is -2.72. The molecule has 0 aliphatic rings. The third-order valence-electron chi connectivity index (χ3n) is 3.53. The molecule has 4 heteroatoms. The zero-order chi connectivity index (χ0) is 16.8. The molecule has 0 unspecified atom stereocenters. The second-order valence-electron chi connectivity index (χ2n) is 5.32. The van der Waals surface area contributed by atoms with Crippen molar-refractivity contribution < 1.29 is 4.79 Å². The molecule has 1 aromatic heterocycles. The third-order valence-corrected chi connectivity index (χ3v) is 4.42. The Bertz CT molecular complexity index is 853. The molecular weight excluding hydrogens is 316 g/mol. The van der Waals surface area contributed by atoms with E-state index < -0.39 is 0 Å². The maximum absolute atomic E-state index is 11.5. The summed E-state index contributed by atoms with van der Waals surface area (Å²) >= 11 is 1.63. The van der Waals surface area contributed by atoms with Crippen LogP contribution < -0.4 is 5.32 Å². The summed E-state index contributed by atoms with van der Waals surface area (Å²) in [6.07, 6.45) is 3.25. The highest BCUT2D eigenvalue weighted by Crippen LogP contribution is 2.29. The monoisotopic (exact) mass is 334 g/mol. The number of hydrogen-bond acceptors (Lipinski definition) is 3. The summed E-state index contributed by atoms with van der Waals surface area (Å²) in [7, 11) is 0. The topological polar surface area (TPSA) is 42.0 Å². The molecular formula is C20H18N2OS. The van der Waals surface area contributed by atoms with Gasteiger partial charge in [0.15, 0.2) is 0 Å². The Kier molecular flexibility index (Phi) is 5.18. The van der Waals surface area contributed by atoms with E-state index in [1.165, 1.54) is 6.08 Å². The number of hydrogen-bond donors (Lipinski definition) is 1. The van der Waals surface area contributed by atoms with Gasteiger partial charge in [0.05, 0.1) is 5.69 Å². The summed E-state index contributed by atoms with van der Waals surface area (Å²) in [6.45, 7) is 2.33. The molecule has 3 aromatic rings. The van der Waals surface area contributed by atoms with Gasteiger partial charge in [-0.2, -0.15) is 0 Å². The summed E-state index contributed by atoms with van der Waals surface area (Å²) in [5, 5.41) is 5.92. The van der Waals surface area contributed by atoms with Crippen LogP contribution in [0.15, 0.2) is 72.1 Å². The molecule has 1 amide bonds. The number of rotatable bonds is 5. The average molecular weight is 334 g/mol. The maximum Gasteiger partial charge on any atom is 0.243 e. The summed E-state index contributed by atoms with van der Waals surface area (Å²) < 4.78 is 0. The van der Waals surface area contributed by atoms with E-state index >= 15 is 0 Å². The van der Waals surface area contributed by atoms with Crippen molar-refractivity contribution in [3.8, 4) is 21.8 Å². The van der Waals surface area contributed by atoms with Gasteiger partial charge in [-0.3, -0.25) is 4.79 Å². The number of allylic oxidation sites excluding steroid dienone is 1. The molecule has 3 nitrogen and oxygen atoms in total. The quantitative estimate of drug-likeness (QED) is 0.689. The smallest absolute Gasteiger partial charge is 0.243 e. The Morgan fingerprint density at radius 2 is 1.92 bits per heavy atom. The highest BCUT2D eigenvalue weighted by Gasteiger charge is 2.07. The van der Waals surface area contributed by atoms with Crippen LogP contribution in [-0.4, -0.2) is 10.9 Å². The van der Waals surface area contributed by atoms with Crippen LogP contribution in [0.25, 0.3) is 21.8 Å². The molecule has 0 saturated carbocycles. The Labute approximate surface area is 145 Å². The molecule has 24 heavy (non-hydrogen) atoms. The molecule has 0 atom stereocenters. The van der Waals surface area contributed by atoms with E-state index in [1.807, 2.05) is 43.3 Å². The van der Waals surface area contributed by atoms with Crippen LogP contribution in [0.1, 0.15) is 12.5 Å². The second kappa shape index (κ2) is 7.70. The second-order valence-corrected chi connectivity index (χ2v) is 6.18. The van der Waals surface area contributed by atoms with Gasteiger partial charge in [0, 0.05) is 23.1 Å². The van der Waals surface area contributed by atoms with Crippen LogP contribution in [0.3, 0.4) is 0 Å². The van der Waals surface area contributed by atoms with Gasteiger partial charge in [-0.25, -0.2) is 4.98 Å². The fourth-order valence-corrected chi connectivity index (χ4v) is 3.19. The molecule has 0 aliphatic carbocycles. The SMILES string of the molecule is C/C=C/C(=O)NCc1cccc(-c2nc(-c3ccccc3)cs2)c1. The number of thiazole rings is 1. The van der Waals surface area contributed by atoms with Gasteiger partial charge in [-0.15, -0.1) is 11.3 Å². The number of benzene rings is 2. The standard InChI is InChI=1S/C20H18N2OS/c1-2-7-19(23)21-13-15-8-6-11-17(12-15)20-22-18(14-24-20)16-9-4-3-5-10-16/h2-12,14H,13H2,1H3,(H,21,23)/b7-2+. The molecule has 1 heterocycles. The van der Waals surface area contributed by atoms with E-state index in [0.29, 0.717) is 6.54 Å². The van der Waals surface area contributed by atoms with Crippen LogP contribution >= 0.6 is 11.3 Å². The zero-order valence-electron chi connectivity index (χ0n) is 13.4. The van der Waals surface area contributed by atoms with Crippen molar-refractivity contribution in [1.29, 1.82) is 0 Å². The number of amides is 1. The van der Waals surface area contributed by atoms with Gasteiger partial charge in [0.25, 0.3) is 0 Å². The predicted molar refractivity (Wildman–Crippen MR) is 99.6 cm³/mol. The van der Waals surface area contributed by atoms with E-state index in [-0.39, 0.29) is 5.91 Å². The maximum atomic E-state index is 11.5. The van der Waals surface area contributed by atoms with E-state index in [9.17, 15) is 4.79 Å². The summed E-state index contributed by atoms with van der Waals surface area (Å²) in [5.74, 6) is -0.0801. The lowest BCUT2D eigenvalue weighted by Crippen LogP contribution is -2.20. The van der Waals surface area contributed by atoms with Crippen molar-refractivity contribution >= 4 is 17.2 Å². The van der Waals surface area contributed by atoms with Gasteiger partial charge >= 0.3 is 0 Å². The molecule has 0 spiro atoms. The molecule has 1 N–H and O–H groups in total. The fraction of sp³-hybridized carbons (Fsp3) is 0.100. The fourth-order valence-electron chi connectivity index (χ4n) is 2.36. The van der Waals surface area contributed by atoms with Crippen molar-refractivity contribution in [1.82, 2.24) is 10.3 Å². The van der Waals surface area contributed by atoms with E-state index in [0.717, 1.165) is 27.4 Å². The highest BCUT2D eigenvalue weighted by molar-refractivity contribution is 7.13. The summed E-state index contributed by atoms with van der Waals surface area (Å²) in [5.41, 5.74) is 4.24. The molecule has 0 radical (unpaired) electrons. The average Bonchev–Trinajstić information content (AvgIpc) is 3.11. The highest BCUT2D eigenvalue weighted by atomic mass is 32.1. The first-order chi connectivity index (χ1) is 11.8.